The summed E-state index contributed by atoms with van der Waals surface area (Å²) in [4.78, 5) is 12.9. The molecule has 1 N–H and O–H groups in total. The number of carbonyl (C=O) groups excluding carboxylic acids is 1. The predicted molar refractivity (Wildman–Crippen MR) is 102 cm³/mol. The Kier molecular flexibility index (Phi) is 5.76. The summed E-state index contributed by atoms with van der Waals surface area (Å²) in [5.41, 5.74) is 3.11. The van der Waals surface area contributed by atoms with Crippen LogP contribution in [0.5, 0.6) is 0 Å². The summed E-state index contributed by atoms with van der Waals surface area (Å²) in [6.07, 6.45) is 0. The molecule has 0 spiro atoms. The first-order valence-electron chi connectivity index (χ1n) is 8.67. The number of benzene rings is 3. The zero-order chi connectivity index (χ0) is 17.5. The Morgan fingerprint density at radius 3 is 1.92 bits per heavy atom. The fourth-order valence-electron chi connectivity index (χ4n) is 3.08. The molecule has 0 aliphatic heterocycles. The summed E-state index contributed by atoms with van der Waals surface area (Å²) in [7, 11) is 0. The summed E-state index contributed by atoms with van der Waals surface area (Å²) < 4.78 is 0. The second-order valence-corrected chi connectivity index (χ2v) is 6.27. The molecular weight excluding hydrogens is 306 g/mol. The lowest BCUT2D eigenvalue weighted by molar-refractivity contribution is 0.0901. The van der Waals surface area contributed by atoms with Crippen molar-refractivity contribution in [3.05, 3.63) is 108 Å². The van der Waals surface area contributed by atoms with Gasteiger partial charge in [-0.25, -0.2) is 0 Å². The Hall–Kier alpha value is -2.71. The van der Waals surface area contributed by atoms with E-state index in [4.69, 9.17) is 0 Å². The average Bonchev–Trinajstić information content (AvgIpc) is 2.69. The number of ketones is 1. The van der Waals surface area contributed by atoms with E-state index in [-0.39, 0.29) is 17.7 Å². The molecule has 0 heterocycles. The van der Waals surface area contributed by atoms with E-state index in [1.54, 1.807) is 0 Å². The lowest BCUT2D eigenvalue weighted by atomic mass is 9.88. The van der Waals surface area contributed by atoms with Gasteiger partial charge in [0, 0.05) is 24.1 Å². The van der Waals surface area contributed by atoms with Gasteiger partial charge in [-0.3, -0.25) is 4.79 Å². The molecule has 0 fully saturated rings. The van der Waals surface area contributed by atoms with Crippen molar-refractivity contribution in [1.29, 1.82) is 0 Å². The van der Waals surface area contributed by atoms with Crippen molar-refractivity contribution >= 4 is 5.78 Å². The standard InChI is InChI=1S/C23H23NO/c1-18(23(25)21-15-9-4-10-16-21)22(20-13-7-3-8-14-20)24-17-19-11-5-2-6-12-19/h2-16,18,22,24H,17H2,1H3. The van der Waals surface area contributed by atoms with Crippen molar-refractivity contribution in [2.75, 3.05) is 0 Å². The van der Waals surface area contributed by atoms with Crippen LogP contribution in [-0.2, 0) is 6.54 Å². The fraction of sp³-hybridized carbons (Fsp3) is 0.174. The molecule has 0 amide bonds. The van der Waals surface area contributed by atoms with Crippen LogP contribution in [0.3, 0.4) is 0 Å². The molecule has 2 unspecified atom stereocenters. The first-order chi connectivity index (χ1) is 12.3. The van der Waals surface area contributed by atoms with E-state index in [0.29, 0.717) is 0 Å². The molecule has 0 aliphatic rings. The first kappa shape index (κ1) is 17.1. The topological polar surface area (TPSA) is 29.1 Å². The van der Waals surface area contributed by atoms with Crippen LogP contribution in [-0.4, -0.2) is 5.78 Å². The summed E-state index contributed by atoms with van der Waals surface area (Å²) >= 11 is 0. The van der Waals surface area contributed by atoms with Crippen LogP contribution in [0.25, 0.3) is 0 Å². The van der Waals surface area contributed by atoms with E-state index < -0.39 is 0 Å². The van der Waals surface area contributed by atoms with Crippen molar-refractivity contribution < 1.29 is 4.79 Å². The van der Waals surface area contributed by atoms with E-state index in [2.05, 4.69) is 29.6 Å². The van der Waals surface area contributed by atoms with Crippen molar-refractivity contribution in [3.63, 3.8) is 0 Å². The lowest BCUT2D eigenvalue weighted by Crippen LogP contribution is -2.31. The number of rotatable bonds is 7. The quantitative estimate of drug-likeness (QED) is 0.616. The fourth-order valence-corrected chi connectivity index (χ4v) is 3.08. The Morgan fingerprint density at radius 2 is 1.32 bits per heavy atom. The molecular formula is C23H23NO. The van der Waals surface area contributed by atoms with E-state index in [1.165, 1.54) is 5.56 Å². The lowest BCUT2D eigenvalue weighted by Gasteiger charge is -2.25. The highest BCUT2D eigenvalue weighted by atomic mass is 16.1. The Balaban J connectivity index is 1.82. The monoisotopic (exact) mass is 329 g/mol. The molecule has 0 radical (unpaired) electrons. The molecule has 0 aliphatic carbocycles. The van der Waals surface area contributed by atoms with Crippen LogP contribution in [0.2, 0.25) is 0 Å². The smallest absolute Gasteiger partial charge is 0.167 e. The number of Topliss-reactive ketones (excluding diaryl/α,β-unsaturated/α-hetero) is 1. The van der Waals surface area contributed by atoms with Gasteiger partial charge in [0.05, 0.1) is 0 Å². The maximum Gasteiger partial charge on any atom is 0.167 e. The molecule has 0 saturated carbocycles. The van der Waals surface area contributed by atoms with Gasteiger partial charge in [0.2, 0.25) is 0 Å². The molecule has 2 atom stereocenters. The van der Waals surface area contributed by atoms with Crippen LogP contribution in [0.4, 0.5) is 0 Å². The van der Waals surface area contributed by atoms with Gasteiger partial charge in [0.25, 0.3) is 0 Å². The van der Waals surface area contributed by atoms with Crippen LogP contribution < -0.4 is 5.32 Å². The molecule has 25 heavy (non-hydrogen) atoms. The van der Waals surface area contributed by atoms with E-state index in [1.807, 2.05) is 73.7 Å². The van der Waals surface area contributed by atoms with E-state index in [0.717, 1.165) is 17.7 Å². The number of hydrogen-bond acceptors (Lipinski definition) is 2. The van der Waals surface area contributed by atoms with Gasteiger partial charge in [-0.05, 0) is 11.1 Å². The van der Waals surface area contributed by atoms with Gasteiger partial charge in [-0.1, -0.05) is 97.9 Å². The summed E-state index contributed by atoms with van der Waals surface area (Å²) in [6.45, 7) is 2.73. The zero-order valence-corrected chi connectivity index (χ0v) is 14.4. The Bertz CT molecular complexity index is 784. The third-order valence-electron chi connectivity index (χ3n) is 4.50. The molecule has 2 nitrogen and oxygen atoms in total. The van der Waals surface area contributed by atoms with E-state index in [9.17, 15) is 4.79 Å². The van der Waals surface area contributed by atoms with Crippen molar-refractivity contribution in [2.24, 2.45) is 5.92 Å². The molecule has 0 bridgehead atoms. The van der Waals surface area contributed by atoms with Gasteiger partial charge in [0.15, 0.2) is 5.78 Å². The van der Waals surface area contributed by atoms with Gasteiger partial charge in [-0.15, -0.1) is 0 Å². The minimum atomic E-state index is -0.159. The predicted octanol–water partition coefficient (Wildman–Crippen LogP) is 5.04. The summed E-state index contributed by atoms with van der Waals surface area (Å²) in [5, 5.41) is 3.58. The number of carbonyl (C=O) groups is 1. The summed E-state index contributed by atoms with van der Waals surface area (Å²) in [5.74, 6) is 0.00327. The molecule has 126 valence electrons. The minimum Gasteiger partial charge on any atom is -0.305 e. The number of nitrogens with one attached hydrogen (secondary N) is 1. The number of hydrogen-bond donors (Lipinski definition) is 1. The van der Waals surface area contributed by atoms with Gasteiger partial charge >= 0.3 is 0 Å². The minimum absolute atomic E-state index is 0.0332. The molecule has 3 aromatic rings. The first-order valence-corrected chi connectivity index (χ1v) is 8.67. The van der Waals surface area contributed by atoms with Gasteiger partial charge in [0.1, 0.15) is 0 Å². The highest BCUT2D eigenvalue weighted by Gasteiger charge is 2.25. The third kappa shape index (κ3) is 4.43. The second-order valence-electron chi connectivity index (χ2n) is 6.27. The summed E-state index contributed by atoms with van der Waals surface area (Å²) in [6, 6.07) is 30.0. The molecule has 3 rings (SSSR count). The highest BCUT2D eigenvalue weighted by molar-refractivity contribution is 5.98. The van der Waals surface area contributed by atoms with Crippen LogP contribution in [0.1, 0.15) is 34.5 Å². The molecule has 0 saturated heterocycles. The van der Waals surface area contributed by atoms with Crippen molar-refractivity contribution in [2.45, 2.75) is 19.5 Å². The Morgan fingerprint density at radius 1 is 0.800 bits per heavy atom. The van der Waals surface area contributed by atoms with Crippen LogP contribution >= 0.6 is 0 Å². The van der Waals surface area contributed by atoms with Gasteiger partial charge in [-0.2, -0.15) is 0 Å². The average molecular weight is 329 g/mol. The maximum absolute atomic E-state index is 12.9. The van der Waals surface area contributed by atoms with Crippen molar-refractivity contribution in [1.82, 2.24) is 5.32 Å². The van der Waals surface area contributed by atoms with Crippen LogP contribution in [0.15, 0.2) is 91.0 Å². The third-order valence-corrected chi connectivity index (χ3v) is 4.50. The van der Waals surface area contributed by atoms with Crippen molar-refractivity contribution in [3.8, 4) is 0 Å². The largest absolute Gasteiger partial charge is 0.305 e. The van der Waals surface area contributed by atoms with Crippen LogP contribution in [0, 0.1) is 5.92 Å². The molecule has 3 aromatic carbocycles. The maximum atomic E-state index is 12.9. The normalized spacial score (nSPS) is 13.2. The SMILES string of the molecule is CC(C(=O)c1ccccc1)C(NCc1ccccc1)c1ccccc1. The highest BCUT2D eigenvalue weighted by Crippen LogP contribution is 2.25. The molecule has 0 aromatic heterocycles. The van der Waals surface area contributed by atoms with E-state index >= 15 is 0 Å². The zero-order valence-electron chi connectivity index (χ0n) is 14.4. The molecule has 2 heteroatoms. The Labute approximate surface area is 149 Å². The van der Waals surface area contributed by atoms with Gasteiger partial charge < -0.3 is 5.32 Å². The second kappa shape index (κ2) is 8.41.